The highest BCUT2D eigenvalue weighted by atomic mass is 16.6. The molecule has 1 unspecified atom stereocenters. The molecule has 2 rings (SSSR count). The summed E-state index contributed by atoms with van der Waals surface area (Å²) in [7, 11) is 0. The third-order valence-corrected chi connectivity index (χ3v) is 3.60. The van der Waals surface area contributed by atoms with Crippen LogP contribution in [0.2, 0.25) is 0 Å². The normalized spacial score (nSPS) is 25.5. The van der Waals surface area contributed by atoms with E-state index in [0.29, 0.717) is 0 Å². The maximum absolute atomic E-state index is 11.9. The van der Waals surface area contributed by atoms with Crippen molar-refractivity contribution in [3.05, 3.63) is 35.9 Å². The fourth-order valence-electron chi connectivity index (χ4n) is 2.14. The minimum atomic E-state index is -1.34. The van der Waals surface area contributed by atoms with Gasteiger partial charge in [-0.1, -0.05) is 30.3 Å². The van der Waals surface area contributed by atoms with E-state index in [4.69, 9.17) is 9.84 Å². The second-order valence-corrected chi connectivity index (χ2v) is 5.16. The number of carbonyl (C=O) groups is 2. The molecule has 6 nitrogen and oxygen atoms in total. The number of carboxylic acids is 1. The van der Waals surface area contributed by atoms with Gasteiger partial charge in [0.25, 0.3) is 0 Å². The van der Waals surface area contributed by atoms with Crippen molar-refractivity contribution in [1.29, 1.82) is 0 Å². The standard InChI is InChI=1S/C14H17NO5/c1-14(12(17)18)9-15(7-11(14)16)13(19)20-8-10-5-3-2-4-6-10/h2-6,11,16H,7-9H2,1H3,(H,17,18)/t11-,14?/m0/s1. The Kier molecular flexibility index (Phi) is 3.94. The van der Waals surface area contributed by atoms with Crippen LogP contribution in [0.25, 0.3) is 0 Å². The number of hydrogen-bond donors (Lipinski definition) is 2. The van der Waals surface area contributed by atoms with E-state index < -0.39 is 23.6 Å². The summed E-state index contributed by atoms with van der Waals surface area (Å²) in [6.07, 6.45) is -1.71. The molecule has 0 aromatic heterocycles. The van der Waals surface area contributed by atoms with Crippen molar-refractivity contribution in [3.63, 3.8) is 0 Å². The molecule has 2 N–H and O–H groups in total. The number of carbonyl (C=O) groups excluding carboxylic acids is 1. The highest BCUT2D eigenvalue weighted by Crippen LogP contribution is 2.31. The summed E-state index contributed by atoms with van der Waals surface area (Å²) >= 11 is 0. The van der Waals surface area contributed by atoms with E-state index in [2.05, 4.69) is 0 Å². The van der Waals surface area contributed by atoms with E-state index in [-0.39, 0.29) is 19.7 Å². The zero-order chi connectivity index (χ0) is 14.8. The number of β-amino-alcohol motifs (C(OH)–C–C–N with tert-alkyl or cyclic N) is 1. The van der Waals surface area contributed by atoms with Crippen molar-refractivity contribution in [2.45, 2.75) is 19.6 Å². The molecule has 1 saturated heterocycles. The monoisotopic (exact) mass is 279 g/mol. The largest absolute Gasteiger partial charge is 0.481 e. The Morgan fingerprint density at radius 1 is 1.40 bits per heavy atom. The first-order chi connectivity index (χ1) is 9.43. The highest BCUT2D eigenvalue weighted by molar-refractivity contribution is 5.78. The molecule has 0 aliphatic carbocycles. The Labute approximate surface area is 116 Å². The van der Waals surface area contributed by atoms with Crippen LogP contribution in [-0.2, 0) is 16.1 Å². The predicted octanol–water partition coefficient (Wildman–Crippen LogP) is 1.09. The van der Waals surface area contributed by atoms with E-state index in [1.807, 2.05) is 30.3 Å². The van der Waals surface area contributed by atoms with Gasteiger partial charge in [-0.05, 0) is 12.5 Å². The Morgan fingerprint density at radius 3 is 2.60 bits per heavy atom. The summed E-state index contributed by atoms with van der Waals surface area (Å²) in [5.74, 6) is -1.12. The summed E-state index contributed by atoms with van der Waals surface area (Å²) in [4.78, 5) is 24.2. The van der Waals surface area contributed by atoms with E-state index >= 15 is 0 Å². The van der Waals surface area contributed by atoms with Crippen LogP contribution in [0.1, 0.15) is 12.5 Å². The molecule has 108 valence electrons. The summed E-state index contributed by atoms with van der Waals surface area (Å²) in [5, 5.41) is 18.9. The Bertz CT molecular complexity index is 504. The lowest BCUT2D eigenvalue weighted by atomic mass is 9.87. The number of aliphatic carboxylic acids is 1. The molecule has 20 heavy (non-hydrogen) atoms. The zero-order valence-electron chi connectivity index (χ0n) is 11.2. The van der Waals surface area contributed by atoms with Gasteiger partial charge in [0, 0.05) is 6.54 Å². The first-order valence-corrected chi connectivity index (χ1v) is 6.30. The van der Waals surface area contributed by atoms with Gasteiger partial charge in [-0.3, -0.25) is 4.79 Å². The lowest BCUT2D eigenvalue weighted by Gasteiger charge is -2.21. The van der Waals surface area contributed by atoms with Crippen LogP contribution in [0.5, 0.6) is 0 Å². The van der Waals surface area contributed by atoms with Crippen LogP contribution in [-0.4, -0.2) is 46.4 Å². The molecule has 1 aliphatic heterocycles. The van der Waals surface area contributed by atoms with Crippen molar-refractivity contribution in [1.82, 2.24) is 4.90 Å². The smallest absolute Gasteiger partial charge is 0.410 e. The quantitative estimate of drug-likeness (QED) is 0.865. The van der Waals surface area contributed by atoms with Gasteiger partial charge < -0.3 is 19.8 Å². The lowest BCUT2D eigenvalue weighted by Crippen LogP contribution is -2.39. The van der Waals surface area contributed by atoms with E-state index in [9.17, 15) is 14.7 Å². The van der Waals surface area contributed by atoms with Gasteiger partial charge in [0.05, 0.1) is 12.6 Å². The molecule has 0 spiro atoms. The molecular formula is C14H17NO5. The van der Waals surface area contributed by atoms with E-state index in [1.165, 1.54) is 11.8 Å². The van der Waals surface area contributed by atoms with E-state index in [1.54, 1.807) is 0 Å². The summed E-state index contributed by atoms with van der Waals surface area (Å²) in [6.45, 7) is 1.45. The lowest BCUT2D eigenvalue weighted by molar-refractivity contribution is -0.151. The average molecular weight is 279 g/mol. The highest BCUT2D eigenvalue weighted by Gasteiger charge is 2.50. The molecule has 1 fully saturated rings. The van der Waals surface area contributed by atoms with Crippen molar-refractivity contribution in [2.75, 3.05) is 13.1 Å². The van der Waals surface area contributed by atoms with Crippen LogP contribution in [0.3, 0.4) is 0 Å². The first-order valence-electron chi connectivity index (χ1n) is 6.30. The zero-order valence-corrected chi connectivity index (χ0v) is 11.2. The van der Waals surface area contributed by atoms with Crippen molar-refractivity contribution in [2.24, 2.45) is 5.41 Å². The van der Waals surface area contributed by atoms with E-state index in [0.717, 1.165) is 5.56 Å². The molecule has 6 heteroatoms. The second kappa shape index (κ2) is 5.50. The fourth-order valence-corrected chi connectivity index (χ4v) is 2.14. The van der Waals surface area contributed by atoms with Gasteiger partial charge in [0.2, 0.25) is 0 Å². The molecule has 1 amide bonds. The molecule has 2 atom stereocenters. The minimum absolute atomic E-state index is 0.0313. The average Bonchev–Trinajstić information content (AvgIpc) is 2.75. The number of benzene rings is 1. The summed E-state index contributed by atoms with van der Waals surface area (Å²) in [5.41, 5.74) is -0.493. The van der Waals surface area contributed by atoms with Gasteiger partial charge in [-0.25, -0.2) is 4.79 Å². The van der Waals surface area contributed by atoms with Crippen molar-refractivity contribution >= 4 is 12.1 Å². The molecule has 1 aromatic rings. The predicted molar refractivity (Wildman–Crippen MR) is 69.9 cm³/mol. The fraction of sp³-hybridized carbons (Fsp3) is 0.429. The molecule has 1 heterocycles. The van der Waals surface area contributed by atoms with Crippen LogP contribution >= 0.6 is 0 Å². The number of hydrogen-bond acceptors (Lipinski definition) is 4. The third-order valence-electron chi connectivity index (χ3n) is 3.60. The summed E-state index contributed by atoms with van der Waals surface area (Å²) in [6, 6.07) is 9.19. The molecule has 1 aliphatic rings. The summed E-state index contributed by atoms with van der Waals surface area (Å²) < 4.78 is 5.12. The number of aliphatic hydroxyl groups excluding tert-OH is 1. The topological polar surface area (TPSA) is 87.1 Å². The number of amides is 1. The van der Waals surface area contributed by atoms with Crippen LogP contribution in [0, 0.1) is 5.41 Å². The maximum Gasteiger partial charge on any atom is 0.410 e. The number of ether oxygens (including phenoxy) is 1. The molecule has 0 radical (unpaired) electrons. The van der Waals surface area contributed by atoms with Gasteiger partial charge in [-0.15, -0.1) is 0 Å². The van der Waals surface area contributed by atoms with Gasteiger partial charge in [0.1, 0.15) is 12.0 Å². The Hall–Kier alpha value is -2.08. The van der Waals surface area contributed by atoms with Gasteiger partial charge >= 0.3 is 12.1 Å². The minimum Gasteiger partial charge on any atom is -0.481 e. The van der Waals surface area contributed by atoms with Crippen molar-refractivity contribution < 1.29 is 24.5 Å². The number of nitrogens with zero attached hydrogens (tertiary/aromatic N) is 1. The SMILES string of the molecule is CC1(C(=O)O)CN(C(=O)OCc2ccccc2)C[C@@H]1O. The Balaban J connectivity index is 1.93. The number of carboxylic acid groups (broad SMARTS) is 1. The molecule has 0 bridgehead atoms. The van der Waals surface area contributed by atoms with Crippen LogP contribution in [0.4, 0.5) is 4.79 Å². The second-order valence-electron chi connectivity index (χ2n) is 5.16. The number of aliphatic hydroxyl groups is 1. The first kappa shape index (κ1) is 14.3. The van der Waals surface area contributed by atoms with Gasteiger partial charge in [0.15, 0.2) is 0 Å². The van der Waals surface area contributed by atoms with Crippen LogP contribution < -0.4 is 0 Å². The number of likely N-dealkylation sites (tertiary alicyclic amines) is 1. The molecule has 0 saturated carbocycles. The molecule has 1 aromatic carbocycles. The number of rotatable bonds is 3. The maximum atomic E-state index is 11.9. The van der Waals surface area contributed by atoms with Crippen molar-refractivity contribution in [3.8, 4) is 0 Å². The Morgan fingerprint density at radius 2 is 2.05 bits per heavy atom. The third kappa shape index (κ3) is 2.75. The van der Waals surface area contributed by atoms with Crippen LogP contribution in [0.15, 0.2) is 30.3 Å². The molecular weight excluding hydrogens is 262 g/mol. The van der Waals surface area contributed by atoms with Gasteiger partial charge in [-0.2, -0.15) is 0 Å².